The molecule has 1 saturated heterocycles. The summed E-state index contributed by atoms with van der Waals surface area (Å²) >= 11 is 0. The molecule has 146 valence electrons. The van der Waals surface area contributed by atoms with Crippen molar-refractivity contribution in [2.24, 2.45) is 5.92 Å². The first-order chi connectivity index (χ1) is 13.0. The number of aromatic amines is 1. The van der Waals surface area contributed by atoms with Crippen LogP contribution in [-0.2, 0) is 6.42 Å². The molecule has 1 aromatic carbocycles. The Bertz CT molecular complexity index is 733. The SMILES string of the molecule is COc1ccc(CCN2CCC(CN(C)C(=O)c3cc(C)[nH]n3)CC2)cc1. The standard InChI is InChI=1S/C21H30N4O2/c1-16-14-20(23-22-16)21(26)24(2)15-18-9-12-25(13-10-18)11-8-17-4-6-19(27-3)7-5-17/h4-7,14,18H,8-13,15H2,1-3H3,(H,22,23). The van der Waals surface area contributed by atoms with Crippen LogP contribution in [0.25, 0.3) is 0 Å². The summed E-state index contributed by atoms with van der Waals surface area (Å²) in [5.41, 5.74) is 2.77. The first kappa shape index (κ1) is 19.4. The summed E-state index contributed by atoms with van der Waals surface area (Å²) in [6.07, 6.45) is 3.34. The molecule has 1 N–H and O–H groups in total. The van der Waals surface area contributed by atoms with Crippen molar-refractivity contribution < 1.29 is 9.53 Å². The van der Waals surface area contributed by atoms with Gasteiger partial charge in [0.05, 0.1) is 7.11 Å². The molecule has 0 unspecified atom stereocenters. The van der Waals surface area contributed by atoms with Crippen LogP contribution < -0.4 is 4.74 Å². The highest BCUT2D eigenvalue weighted by Gasteiger charge is 2.23. The van der Waals surface area contributed by atoms with Gasteiger partial charge >= 0.3 is 0 Å². The Kier molecular flexibility index (Phi) is 6.50. The van der Waals surface area contributed by atoms with Gasteiger partial charge in [0.2, 0.25) is 0 Å². The van der Waals surface area contributed by atoms with Crippen molar-refractivity contribution in [1.82, 2.24) is 20.0 Å². The smallest absolute Gasteiger partial charge is 0.274 e. The molecule has 0 spiro atoms. The minimum atomic E-state index is 0.00119. The van der Waals surface area contributed by atoms with Crippen molar-refractivity contribution in [1.29, 1.82) is 0 Å². The number of rotatable bonds is 7. The molecule has 0 aliphatic carbocycles. The summed E-state index contributed by atoms with van der Waals surface area (Å²) < 4.78 is 5.21. The number of nitrogens with one attached hydrogen (secondary N) is 1. The number of ether oxygens (including phenoxy) is 1. The fraction of sp³-hybridized carbons (Fsp3) is 0.524. The molecule has 0 atom stereocenters. The summed E-state index contributed by atoms with van der Waals surface area (Å²) in [4.78, 5) is 16.8. The third-order valence-electron chi connectivity index (χ3n) is 5.39. The average Bonchev–Trinajstić information content (AvgIpc) is 3.13. The van der Waals surface area contributed by atoms with E-state index in [0.29, 0.717) is 11.6 Å². The molecule has 0 bridgehead atoms. The monoisotopic (exact) mass is 370 g/mol. The zero-order chi connectivity index (χ0) is 19.2. The van der Waals surface area contributed by atoms with Gasteiger partial charge in [-0.3, -0.25) is 9.89 Å². The fourth-order valence-electron chi connectivity index (χ4n) is 3.67. The molecule has 6 nitrogen and oxygen atoms in total. The lowest BCUT2D eigenvalue weighted by Gasteiger charge is -2.33. The van der Waals surface area contributed by atoms with E-state index in [9.17, 15) is 4.79 Å². The highest BCUT2D eigenvalue weighted by molar-refractivity contribution is 5.92. The molecule has 6 heteroatoms. The Morgan fingerprint density at radius 2 is 2.00 bits per heavy atom. The van der Waals surface area contributed by atoms with Crippen LogP contribution in [0.15, 0.2) is 30.3 Å². The molecule has 1 fully saturated rings. The number of carbonyl (C=O) groups excluding carboxylic acids is 1. The zero-order valence-electron chi connectivity index (χ0n) is 16.6. The molecule has 27 heavy (non-hydrogen) atoms. The van der Waals surface area contributed by atoms with Gasteiger partial charge in [-0.15, -0.1) is 0 Å². The molecular formula is C21H30N4O2. The van der Waals surface area contributed by atoms with E-state index in [1.807, 2.05) is 31.0 Å². The minimum Gasteiger partial charge on any atom is -0.497 e. The van der Waals surface area contributed by atoms with Crippen LogP contribution in [-0.4, -0.2) is 66.2 Å². The molecule has 2 heterocycles. The molecule has 2 aromatic rings. The Labute approximate surface area is 161 Å². The minimum absolute atomic E-state index is 0.00119. The third kappa shape index (κ3) is 5.32. The van der Waals surface area contributed by atoms with Crippen molar-refractivity contribution in [3.05, 3.63) is 47.3 Å². The van der Waals surface area contributed by atoms with Gasteiger partial charge in [-0.05, 0) is 69.0 Å². The van der Waals surface area contributed by atoms with Gasteiger partial charge in [0.1, 0.15) is 11.4 Å². The van der Waals surface area contributed by atoms with E-state index in [-0.39, 0.29) is 5.91 Å². The number of piperidine rings is 1. The summed E-state index contributed by atoms with van der Waals surface area (Å²) in [6.45, 7) is 6.00. The van der Waals surface area contributed by atoms with E-state index in [2.05, 4.69) is 27.2 Å². The zero-order valence-corrected chi connectivity index (χ0v) is 16.6. The van der Waals surface area contributed by atoms with E-state index in [1.54, 1.807) is 13.2 Å². The lowest BCUT2D eigenvalue weighted by molar-refractivity contribution is 0.0734. The molecule has 1 amide bonds. The normalized spacial score (nSPS) is 15.7. The predicted molar refractivity (Wildman–Crippen MR) is 106 cm³/mol. The molecule has 1 aromatic heterocycles. The molecule has 0 radical (unpaired) electrons. The molecule has 1 aliphatic rings. The number of benzene rings is 1. The van der Waals surface area contributed by atoms with Gasteiger partial charge in [0.15, 0.2) is 0 Å². The Morgan fingerprint density at radius 3 is 2.59 bits per heavy atom. The molecular weight excluding hydrogens is 340 g/mol. The van der Waals surface area contributed by atoms with Crippen LogP contribution >= 0.6 is 0 Å². The van der Waals surface area contributed by atoms with Crippen LogP contribution in [0.3, 0.4) is 0 Å². The van der Waals surface area contributed by atoms with Crippen molar-refractivity contribution in [2.45, 2.75) is 26.2 Å². The number of amides is 1. The predicted octanol–water partition coefficient (Wildman–Crippen LogP) is 2.75. The van der Waals surface area contributed by atoms with E-state index < -0.39 is 0 Å². The average molecular weight is 370 g/mol. The first-order valence-corrected chi connectivity index (χ1v) is 9.68. The van der Waals surface area contributed by atoms with E-state index >= 15 is 0 Å². The summed E-state index contributed by atoms with van der Waals surface area (Å²) in [6, 6.07) is 10.1. The highest BCUT2D eigenvalue weighted by Crippen LogP contribution is 2.19. The van der Waals surface area contributed by atoms with Crippen LogP contribution in [0.4, 0.5) is 0 Å². The molecule has 1 aliphatic heterocycles. The number of likely N-dealkylation sites (tertiary alicyclic amines) is 1. The lowest BCUT2D eigenvalue weighted by Crippen LogP contribution is -2.40. The van der Waals surface area contributed by atoms with E-state index in [0.717, 1.165) is 56.9 Å². The van der Waals surface area contributed by atoms with Gasteiger partial charge in [-0.2, -0.15) is 5.10 Å². The quantitative estimate of drug-likeness (QED) is 0.814. The van der Waals surface area contributed by atoms with Crippen LogP contribution in [0, 0.1) is 12.8 Å². The largest absolute Gasteiger partial charge is 0.497 e. The Hall–Kier alpha value is -2.34. The second-order valence-corrected chi connectivity index (χ2v) is 7.50. The van der Waals surface area contributed by atoms with Gasteiger partial charge in [0.25, 0.3) is 5.91 Å². The van der Waals surface area contributed by atoms with E-state index in [4.69, 9.17) is 4.74 Å². The summed E-state index contributed by atoms with van der Waals surface area (Å²) in [7, 11) is 3.57. The maximum absolute atomic E-state index is 12.4. The van der Waals surface area contributed by atoms with E-state index in [1.165, 1.54) is 5.56 Å². The number of aryl methyl sites for hydroxylation is 1. The number of hydrogen-bond donors (Lipinski definition) is 1. The van der Waals surface area contributed by atoms with Gasteiger partial charge in [-0.25, -0.2) is 0 Å². The molecule has 0 saturated carbocycles. The van der Waals surface area contributed by atoms with Crippen LogP contribution in [0.1, 0.15) is 34.6 Å². The number of H-pyrrole nitrogens is 1. The fourth-order valence-corrected chi connectivity index (χ4v) is 3.67. The summed E-state index contributed by atoms with van der Waals surface area (Å²) in [5.74, 6) is 1.47. The van der Waals surface area contributed by atoms with Gasteiger partial charge in [0, 0.05) is 25.8 Å². The number of nitrogens with zero attached hydrogens (tertiary/aromatic N) is 3. The number of hydrogen-bond acceptors (Lipinski definition) is 4. The van der Waals surface area contributed by atoms with Crippen molar-refractivity contribution in [3.63, 3.8) is 0 Å². The van der Waals surface area contributed by atoms with Crippen molar-refractivity contribution in [2.75, 3.05) is 40.3 Å². The first-order valence-electron chi connectivity index (χ1n) is 9.68. The number of methoxy groups -OCH3 is 1. The maximum Gasteiger partial charge on any atom is 0.274 e. The molecule has 3 rings (SSSR count). The van der Waals surface area contributed by atoms with Crippen molar-refractivity contribution in [3.8, 4) is 5.75 Å². The maximum atomic E-state index is 12.4. The highest BCUT2D eigenvalue weighted by atomic mass is 16.5. The van der Waals surface area contributed by atoms with Crippen molar-refractivity contribution >= 4 is 5.91 Å². The van der Waals surface area contributed by atoms with Crippen LogP contribution in [0.2, 0.25) is 0 Å². The number of aromatic nitrogens is 2. The Balaban J connectivity index is 1.39. The second kappa shape index (κ2) is 9.04. The summed E-state index contributed by atoms with van der Waals surface area (Å²) in [5, 5.41) is 6.91. The second-order valence-electron chi connectivity index (χ2n) is 7.50. The van der Waals surface area contributed by atoms with Gasteiger partial charge in [-0.1, -0.05) is 12.1 Å². The Morgan fingerprint density at radius 1 is 1.30 bits per heavy atom. The number of carbonyl (C=O) groups is 1. The van der Waals surface area contributed by atoms with Gasteiger partial charge < -0.3 is 14.5 Å². The lowest BCUT2D eigenvalue weighted by atomic mass is 9.96. The topological polar surface area (TPSA) is 61.5 Å². The van der Waals surface area contributed by atoms with Crippen LogP contribution in [0.5, 0.6) is 5.75 Å². The third-order valence-corrected chi connectivity index (χ3v) is 5.39.